The molecule has 0 unspecified atom stereocenters. The molecule has 9 heteroatoms. The predicted molar refractivity (Wildman–Crippen MR) is 60.3 cm³/mol. The molecule has 0 heterocycles. The molecule has 0 amide bonds. The summed E-state index contributed by atoms with van der Waals surface area (Å²) >= 11 is 0. The standard InChI is InChI=1S/C9H10O7S2/c10-7-16-5-6-17(11,12)8-1-3-9(4-2-8)18(13,14)15/h1-4,7H,5-6H2,(H,13,14,15). The summed E-state index contributed by atoms with van der Waals surface area (Å²) in [5.74, 6) is -0.406. The quantitative estimate of drug-likeness (QED) is 0.442. The van der Waals surface area contributed by atoms with E-state index in [2.05, 4.69) is 4.74 Å². The van der Waals surface area contributed by atoms with Gasteiger partial charge in [-0.1, -0.05) is 0 Å². The molecule has 100 valence electrons. The number of rotatable bonds is 6. The van der Waals surface area contributed by atoms with Crippen LogP contribution in [0.1, 0.15) is 0 Å². The smallest absolute Gasteiger partial charge is 0.294 e. The summed E-state index contributed by atoms with van der Waals surface area (Å²) < 4.78 is 57.8. The van der Waals surface area contributed by atoms with Crippen molar-refractivity contribution < 1.29 is 30.9 Å². The first-order valence-electron chi connectivity index (χ1n) is 4.63. The van der Waals surface area contributed by atoms with Crippen LogP contribution in [0.2, 0.25) is 0 Å². The molecule has 0 aliphatic heterocycles. The van der Waals surface area contributed by atoms with Gasteiger partial charge in [0, 0.05) is 0 Å². The lowest BCUT2D eigenvalue weighted by Gasteiger charge is -2.04. The lowest BCUT2D eigenvalue weighted by Crippen LogP contribution is -2.12. The van der Waals surface area contributed by atoms with Crippen LogP contribution in [0.4, 0.5) is 0 Å². The molecule has 0 saturated heterocycles. The van der Waals surface area contributed by atoms with Crippen LogP contribution in [-0.2, 0) is 29.5 Å². The lowest BCUT2D eigenvalue weighted by molar-refractivity contribution is -0.128. The number of ether oxygens (including phenoxy) is 1. The third-order valence-corrected chi connectivity index (χ3v) is 4.58. The minimum atomic E-state index is -4.35. The highest BCUT2D eigenvalue weighted by Gasteiger charge is 2.16. The van der Waals surface area contributed by atoms with Crippen LogP contribution in [-0.4, -0.2) is 40.2 Å². The maximum absolute atomic E-state index is 11.7. The molecule has 0 radical (unpaired) electrons. The van der Waals surface area contributed by atoms with Crippen molar-refractivity contribution in [2.75, 3.05) is 12.4 Å². The van der Waals surface area contributed by atoms with Crippen molar-refractivity contribution >= 4 is 26.4 Å². The van der Waals surface area contributed by atoms with Gasteiger partial charge in [0.1, 0.15) is 6.61 Å². The molecular weight excluding hydrogens is 284 g/mol. The summed E-state index contributed by atoms with van der Waals surface area (Å²) in [5.41, 5.74) is 0. The van der Waals surface area contributed by atoms with E-state index in [0.29, 0.717) is 0 Å². The highest BCUT2D eigenvalue weighted by molar-refractivity contribution is 7.91. The van der Waals surface area contributed by atoms with Crippen molar-refractivity contribution in [3.8, 4) is 0 Å². The van der Waals surface area contributed by atoms with E-state index in [-0.39, 0.29) is 18.0 Å². The molecule has 1 aromatic rings. The number of hydrogen-bond donors (Lipinski definition) is 1. The predicted octanol–water partition coefficient (Wildman–Crippen LogP) is -0.120. The summed E-state index contributed by atoms with van der Waals surface area (Å²) in [5, 5.41) is 0. The van der Waals surface area contributed by atoms with Gasteiger partial charge in [0.25, 0.3) is 16.6 Å². The van der Waals surface area contributed by atoms with Crippen molar-refractivity contribution in [3.05, 3.63) is 24.3 Å². The Morgan fingerprint density at radius 2 is 1.56 bits per heavy atom. The second kappa shape index (κ2) is 5.46. The minimum absolute atomic E-state index is 0.121. The fourth-order valence-corrected chi connectivity index (χ4v) is 2.72. The summed E-state index contributed by atoms with van der Waals surface area (Å²) in [6.45, 7) is -0.150. The van der Waals surface area contributed by atoms with Crippen LogP contribution in [0.5, 0.6) is 0 Å². The van der Waals surface area contributed by atoms with Gasteiger partial charge in [-0.05, 0) is 24.3 Å². The maximum atomic E-state index is 11.7. The Hall–Kier alpha value is -1.45. The molecule has 0 aliphatic rings. The van der Waals surface area contributed by atoms with Gasteiger partial charge in [0.15, 0.2) is 9.84 Å². The fourth-order valence-electron chi connectivity index (χ4n) is 1.14. The summed E-state index contributed by atoms with van der Waals surface area (Å²) in [6.07, 6.45) is 0. The van der Waals surface area contributed by atoms with Gasteiger partial charge in [-0.2, -0.15) is 8.42 Å². The Bertz CT molecular complexity index is 613. The molecule has 0 spiro atoms. The van der Waals surface area contributed by atoms with Gasteiger partial charge in [-0.15, -0.1) is 0 Å². The van der Waals surface area contributed by atoms with Crippen LogP contribution in [0, 0.1) is 0 Å². The van der Waals surface area contributed by atoms with E-state index in [1.807, 2.05) is 0 Å². The second-order valence-corrected chi connectivity index (χ2v) is 6.76. The van der Waals surface area contributed by atoms with Crippen LogP contribution in [0.15, 0.2) is 34.1 Å². The fraction of sp³-hybridized carbons (Fsp3) is 0.222. The molecule has 1 aromatic carbocycles. The molecule has 0 saturated carbocycles. The molecule has 0 bridgehead atoms. The van der Waals surface area contributed by atoms with Crippen LogP contribution in [0.25, 0.3) is 0 Å². The van der Waals surface area contributed by atoms with Gasteiger partial charge in [-0.3, -0.25) is 9.35 Å². The minimum Gasteiger partial charge on any atom is -0.467 e. The number of carbonyl (C=O) groups excluding carboxylic acids is 1. The molecule has 7 nitrogen and oxygen atoms in total. The van der Waals surface area contributed by atoms with E-state index in [9.17, 15) is 21.6 Å². The Morgan fingerprint density at radius 3 is 2.00 bits per heavy atom. The average Bonchev–Trinajstić information content (AvgIpc) is 2.28. The zero-order valence-corrected chi connectivity index (χ0v) is 10.6. The van der Waals surface area contributed by atoms with Crippen molar-refractivity contribution in [1.29, 1.82) is 0 Å². The molecule has 1 rings (SSSR count). The normalized spacial score (nSPS) is 12.1. The first-order valence-corrected chi connectivity index (χ1v) is 7.72. The van der Waals surface area contributed by atoms with Crippen LogP contribution < -0.4 is 0 Å². The topological polar surface area (TPSA) is 115 Å². The van der Waals surface area contributed by atoms with E-state index < -0.39 is 30.6 Å². The molecule has 0 aromatic heterocycles. The third kappa shape index (κ3) is 3.79. The number of sulfone groups is 1. The molecular formula is C9H10O7S2. The Kier molecular flexibility index (Phi) is 4.43. The van der Waals surface area contributed by atoms with Gasteiger partial charge < -0.3 is 4.74 Å². The SMILES string of the molecule is O=COCCS(=O)(=O)c1ccc(S(=O)(=O)O)cc1. The first-order chi connectivity index (χ1) is 8.27. The van der Waals surface area contributed by atoms with Crippen molar-refractivity contribution in [2.45, 2.75) is 9.79 Å². The van der Waals surface area contributed by atoms with Crippen LogP contribution in [0.3, 0.4) is 0 Å². The first kappa shape index (κ1) is 14.6. The second-order valence-electron chi connectivity index (χ2n) is 3.23. The van der Waals surface area contributed by atoms with Gasteiger partial charge >= 0.3 is 0 Å². The van der Waals surface area contributed by atoms with Gasteiger partial charge in [-0.25, -0.2) is 8.42 Å². The zero-order valence-electron chi connectivity index (χ0n) is 9.01. The Balaban J connectivity index is 2.95. The molecule has 0 aliphatic carbocycles. The largest absolute Gasteiger partial charge is 0.467 e. The summed E-state index contributed by atoms with van der Waals surface area (Å²) in [4.78, 5) is 9.35. The van der Waals surface area contributed by atoms with E-state index in [1.165, 1.54) is 0 Å². The molecule has 18 heavy (non-hydrogen) atoms. The van der Waals surface area contributed by atoms with E-state index in [0.717, 1.165) is 24.3 Å². The van der Waals surface area contributed by atoms with E-state index in [1.54, 1.807) is 0 Å². The summed E-state index contributed by atoms with van der Waals surface area (Å²) in [6, 6.07) is 4.06. The number of carbonyl (C=O) groups is 1. The Labute approximate surface area is 104 Å². The summed E-state index contributed by atoms with van der Waals surface area (Å²) in [7, 11) is -8.01. The monoisotopic (exact) mass is 294 g/mol. The third-order valence-electron chi connectivity index (χ3n) is 2.02. The van der Waals surface area contributed by atoms with E-state index in [4.69, 9.17) is 4.55 Å². The van der Waals surface area contributed by atoms with Crippen molar-refractivity contribution in [3.63, 3.8) is 0 Å². The molecule has 0 fully saturated rings. The molecule has 0 atom stereocenters. The highest BCUT2D eigenvalue weighted by atomic mass is 32.2. The maximum Gasteiger partial charge on any atom is 0.294 e. The molecule has 1 N–H and O–H groups in total. The van der Waals surface area contributed by atoms with Crippen molar-refractivity contribution in [1.82, 2.24) is 0 Å². The zero-order chi connectivity index (χ0) is 13.8. The highest BCUT2D eigenvalue weighted by Crippen LogP contribution is 2.15. The lowest BCUT2D eigenvalue weighted by atomic mass is 10.4. The van der Waals surface area contributed by atoms with Gasteiger partial charge in [0.05, 0.1) is 15.5 Å². The van der Waals surface area contributed by atoms with Crippen LogP contribution >= 0.6 is 0 Å². The average molecular weight is 294 g/mol. The van der Waals surface area contributed by atoms with Crippen molar-refractivity contribution in [2.24, 2.45) is 0 Å². The Morgan fingerprint density at radius 1 is 1.06 bits per heavy atom. The number of benzene rings is 1. The number of hydrogen-bond acceptors (Lipinski definition) is 6. The van der Waals surface area contributed by atoms with E-state index >= 15 is 0 Å². The van der Waals surface area contributed by atoms with Gasteiger partial charge in [0.2, 0.25) is 0 Å².